The van der Waals surface area contributed by atoms with Gasteiger partial charge in [0.25, 0.3) is 0 Å². The summed E-state index contributed by atoms with van der Waals surface area (Å²) in [7, 11) is 0. The molecule has 0 atom stereocenters. The molecule has 0 spiro atoms. The first-order valence-corrected chi connectivity index (χ1v) is 8.42. The highest BCUT2D eigenvalue weighted by Crippen LogP contribution is 2.07. The van der Waals surface area contributed by atoms with E-state index in [0.29, 0.717) is 6.61 Å². The Balaban J connectivity index is 3.15. The van der Waals surface area contributed by atoms with E-state index in [9.17, 15) is 0 Å². The van der Waals surface area contributed by atoms with Crippen molar-refractivity contribution >= 4 is 0 Å². The number of aliphatic hydroxyl groups is 1. The number of hydrogen-bond acceptors (Lipinski definition) is 1. The fourth-order valence-corrected chi connectivity index (χ4v) is 2.17. The first-order valence-electron chi connectivity index (χ1n) is 8.42. The van der Waals surface area contributed by atoms with E-state index < -0.39 is 0 Å². The summed E-state index contributed by atoms with van der Waals surface area (Å²) in [5, 5.41) is 8.65. The minimum atomic E-state index is 0.353. The van der Waals surface area contributed by atoms with Gasteiger partial charge in [0, 0.05) is 6.61 Å². The van der Waals surface area contributed by atoms with Gasteiger partial charge in [-0.3, -0.25) is 0 Å². The third-order valence-electron chi connectivity index (χ3n) is 3.44. The smallest absolute Gasteiger partial charge is 0.0431 e. The van der Waals surface area contributed by atoms with E-state index in [0.717, 1.165) is 6.42 Å². The zero-order valence-electron chi connectivity index (χ0n) is 13.0. The Morgan fingerprint density at radius 3 is 1.68 bits per heavy atom. The lowest BCUT2D eigenvalue weighted by Gasteiger charge is -1.98. The summed E-state index contributed by atoms with van der Waals surface area (Å²) in [6, 6.07) is 0. The van der Waals surface area contributed by atoms with E-state index in [-0.39, 0.29) is 0 Å². The minimum absolute atomic E-state index is 0.353. The molecule has 112 valence electrons. The lowest BCUT2D eigenvalue weighted by Crippen LogP contribution is -1.83. The van der Waals surface area contributed by atoms with Gasteiger partial charge in [-0.2, -0.15) is 0 Å². The number of rotatable bonds is 14. The van der Waals surface area contributed by atoms with Crippen LogP contribution in [-0.2, 0) is 0 Å². The monoisotopic (exact) mass is 266 g/mol. The van der Waals surface area contributed by atoms with E-state index in [1.54, 1.807) is 0 Å². The molecule has 0 aliphatic carbocycles. The summed E-state index contributed by atoms with van der Waals surface area (Å²) in [4.78, 5) is 0. The molecule has 0 bridgehead atoms. The zero-order valence-corrected chi connectivity index (χ0v) is 13.0. The molecule has 1 nitrogen and oxygen atoms in total. The summed E-state index contributed by atoms with van der Waals surface area (Å²) in [5.74, 6) is 0. The summed E-state index contributed by atoms with van der Waals surface area (Å²) in [6.45, 7) is 2.61. The Bertz CT molecular complexity index is 214. The van der Waals surface area contributed by atoms with Gasteiger partial charge in [0.2, 0.25) is 0 Å². The highest BCUT2D eigenvalue weighted by molar-refractivity contribution is 4.84. The molecule has 0 aliphatic heterocycles. The fourth-order valence-electron chi connectivity index (χ4n) is 2.17. The SMILES string of the molecule is CCCCCCCC=C=CCCCCCCCCO. The molecule has 0 saturated carbocycles. The van der Waals surface area contributed by atoms with Crippen LogP contribution in [0.1, 0.15) is 90.4 Å². The van der Waals surface area contributed by atoms with Gasteiger partial charge in [-0.15, -0.1) is 5.73 Å². The van der Waals surface area contributed by atoms with Crippen LogP contribution in [0.4, 0.5) is 0 Å². The van der Waals surface area contributed by atoms with Gasteiger partial charge < -0.3 is 5.11 Å². The fraction of sp³-hybridized carbons (Fsp3) is 0.833. The average Bonchev–Trinajstić information content (AvgIpc) is 2.43. The standard InChI is InChI=1S/C18H34O/c1-2-3-4-5-6-7-8-9-10-11-12-13-14-15-16-17-18-19/h8,10,19H,2-7,11-18H2,1H3. The van der Waals surface area contributed by atoms with Gasteiger partial charge in [0.05, 0.1) is 0 Å². The molecule has 0 aliphatic rings. The van der Waals surface area contributed by atoms with E-state index in [4.69, 9.17) is 5.11 Å². The average molecular weight is 266 g/mol. The second kappa shape index (κ2) is 17.5. The second-order valence-electron chi connectivity index (χ2n) is 5.41. The molecular formula is C18H34O. The molecule has 0 aromatic carbocycles. The molecular weight excluding hydrogens is 232 g/mol. The third kappa shape index (κ3) is 17.5. The second-order valence-corrected chi connectivity index (χ2v) is 5.41. The van der Waals surface area contributed by atoms with Crippen LogP contribution in [0.5, 0.6) is 0 Å². The highest BCUT2D eigenvalue weighted by atomic mass is 16.2. The van der Waals surface area contributed by atoms with Gasteiger partial charge in [0.15, 0.2) is 0 Å². The Morgan fingerprint density at radius 2 is 1.16 bits per heavy atom. The van der Waals surface area contributed by atoms with Crippen LogP contribution in [0, 0.1) is 0 Å². The maximum atomic E-state index is 8.65. The normalized spacial score (nSPS) is 10.2. The van der Waals surface area contributed by atoms with Crippen LogP contribution < -0.4 is 0 Å². The van der Waals surface area contributed by atoms with Crippen LogP contribution in [0.15, 0.2) is 17.9 Å². The predicted molar refractivity (Wildman–Crippen MR) is 85.4 cm³/mol. The maximum absolute atomic E-state index is 8.65. The molecule has 0 heterocycles. The van der Waals surface area contributed by atoms with Crippen molar-refractivity contribution in [2.75, 3.05) is 6.61 Å². The van der Waals surface area contributed by atoms with Gasteiger partial charge in [-0.05, 0) is 44.3 Å². The van der Waals surface area contributed by atoms with Crippen molar-refractivity contribution in [3.63, 3.8) is 0 Å². The topological polar surface area (TPSA) is 20.2 Å². The van der Waals surface area contributed by atoms with Crippen LogP contribution in [0.25, 0.3) is 0 Å². The van der Waals surface area contributed by atoms with Crippen LogP contribution >= 0.6 is 0 Å². The third-order valence-corrected chi connectivity index (χ3v) is 3.44. The van der Waals surface area contributed by atoms with Crippen molar-refractivity contribution < 1.29 is 5.11 Å². The number of aliphatic hydroxyl groups excluding tert-OH is 1. The summed E-state index contributed by atoms with van der Waals surface area (Å²) >= 11 is 0. The maximum Gasteiger partial charge on any atom is 0.0431 e. The Morgan fingerprint density at radius 1 is 0.684 bits per heavy atom. The summed E-state index contributed by atoms with van der Waals surface area (Å²) < 4.78 is 0. The van der Waals surface area contributed by atoms with Gasteiger partial charge in [-0.1, -0.05) is 58.3 Å². The molecule has 0 aromatic heterocycles. The molecule has 0 aromatic rings. The number of hydrogen-bond donors (Lipinski definition) is 1. The Labute approximate surface area is 120 Å². The molecule has 0 fully saturated rings. The van der Waals surface area contributed by atoms with E-state index in [1.165, 1.54) is 77.0 Å². The van der Waals surface area contributed by atoms with E-state index in [1.807, 2.05) is 0 Å². The molecule has 0 radical (unpaired) electrons. The first kappa shape index (κ1) is 18.5. The van der Waals surface area contributed by atoms with Crippen LogP contribution in [-0.4, -0.2) is 11.7 Å². The lowest BCUT2D eigenvalue weighted by molar-refractivity contribution is 0.282. The number of unbranched alkanes of at least 4 members (excludes halogenated alkanes) is 11. The van der Waals surface area contributed by atoms with E-state index >= 15 is 0 Å². The molecule has 0 amide bonds. The Hall–Kier alpha value is -0.520. The van der Waals surface area contributed by atoms with Crippen molar-refractivity contribution in [3.8, 4) is 0 Å². The van der Waals surface area contributed by atoms with E-state index in [2.05, 4.69) is 24.8 Å². The molecule has 0 unspecified atom stereocenters. The van der Waals surface area contributed by atoms with Gasteiger partial charge in [0.1, 0.15) is 0 Å². The largest absolute Gasteiger partial charge is 0.396 e. The van der Waals surface area contributed by atoms with Crippen LogP contribution in [0.3, 0.4) is 0 Å². The highest BCUT2D eigenvalue weighted by Gasteiger charge is 1.89. The van der Waals surface area contributed by atoms with Gasteiger partial charge in [-0.25, -0.2) is 0 Å². The zero-order chi connectivity index (χ0) is 14.0. The predicted octanol–water partition coefficient (Wildman–Crippen LogP) is 5.78. The minimum Gasteiger partial charge on any atom is -0.396 e. The molecule has 1 N–H and O–H groups in total. The van der Waals surface area contributed by atoms with Crippen molar-refractivity contribution in [3.05, 3.63) is 17.9 Å². The van der Waals surface area contributed by atoms with Crippen molar-refractivity contribution in [1.82, 2.24) is 0 Å². The quantitative estimate of drug-likeness (QED) is 0.312. The van der Waals surface area contributed by atoms with Crippen molar-refractivity contribution in [1.29, 1.82) is 0 Å². The first-order chi connectivity index (χ1) is 9.41. The van der Waals surface area contributed by atoms with Crippen molar-refractivity contribution in [2.45, 2.75) is 90.4 Å². The lowest BCUT2D eigenvalue weighted by atomic mass is 10.1. The van der Waals surface area contributed by atoms with Gasteiger partial charge >= 0.3 is 0 Å². The molecule has 19 heavy (non-hydrogen) atoms. The molecule has 1 heteroatoms. The molecule has 0 rings (SSSR count). The summed E-state index contributed by atoms with van der Waals surface area (Å²) in [5.41, 5.74) is 3.30. The van der Waals surface area contributed by atoms with Crippen molar-refractivity contribution in [2.24, 2.45) is 0 Å². The Kier molecular flexibility index (Phi) is 17.0. The molecule has 0 saturated heterocycles. The van der Waals surface area contributed by atoms with Crippen LogP contribution in [0.2, 0.25) is 0 Å². The summed E-state index contributed by atoms with van der Waals surface area (Å²) in [6.07, 6.45) is 20.9. The number of allylic oxidation sites excluding steroid dienone is 1.